The van der Waals surface area contributed by atoms with E-state index < -0.39 is 0 Å². The second kappa shape index (κ2) is 8.30. The lowest BCUT2D eigenvalue weighted by molar-refractivity contribution is 0.415. The first-order valence-corrected chi connectivity index (χ1v) is 10.0. The molecule has 0 atom stereocenters. The second-order valence-corrected chi connectivity index (χ2v) is 7.19. The maximum Gasteiger partial charge on any atom is 0.138 e. The number of ether oxygens (including phenoxy) is 1. The van der Waals surface area contributed by atoms with Crippen LogP contribution in [0, 0.1) is 0 Å². The maximum absolute atomic E-state index is 5.21. The van der Waals surface area contributed by atoms with E-state index in [1.165, 1.54) is 41.3 Å². The summed E-state index contributed by atoms with van der Waals surface area (Å²) in [6, 6.07) is 19.0. The van der Waals surface area contributed by atoms with Crippen molar-refractivity contribution in [2.75, 3.05) is 7.11 Å². The molecule has 3 heteroatoms. The van der Waals surface area contributed by atoms with Crippen molar-refractivity contribution in [3.8, 4) is 5.75 Å². The molecule has 0 aliphatic heterocycles. The van der Waals surface area contributed by atoms with E-state index in [2.05, 4.69) is 66.5 Å². The Morgan fingerprint density at radius 1 is 0.893 bits per heavy atom. The van der Waals surface area contributed by atoms with E-state index in [1.807, 2.05) is 12.1 Å². The van der Waals surface area contributed by atoms with Crippen LogP contribution in [-0.2, 0) is 6.42 Å². The van der Waals surface area contributed by atoms with E-state index in [0.29, 0.717) is 0 Å². The number of rotatable bonds is 7. The van der Waals surface area contributed by atoms with Crippen molar-refractivity contribution in [1.82, 2.24) is 9.97 Å². The largest absolute Gasteiger partial charge is 0.497 e. The van der Waals surface area contributed by atoms with E-state index in [9.17, 15) is 0 Å². The molecule has 0 bridgehead atoms. The summed E-state index contributed by atoms with van der Waals surface area (Å²) in [7, 11) is 1.68. The summed E-state index contributed by atoms with van der Waals surface area (Å²) in [4.78, 5) is 8.31. The first-order valence-electron chi connectivity index (χ1n) is 10.0. The lowest BCUT2D eigenvalue weighted by Crippen LogP contribution is -1.90. The standard InChI is InChI=1S/C25H26N2O/c1-3-4-5-6-20-12-15-22-23-17-19(11-16-24(23)27-25(22)26-20)8-7-18-9-13-21(28-2)14-10-18/h7-17H,3-6H2,1-2H3,(H,26,27)/b8-7+. The van der Waals surface area contributed by atoms with Gasteiger partial charge in [0.15, 0.2) is 0 Å². The number of benzene rings is 2. The number of unbranched alkanes of at least 4 members (excludes halogenated alkanes) is 2. The molecule has 3 nitrogen and oxygen atoms in total. The average molecular weight is 370 g/mol. The van der Waals surface area contributed by atoms with Gasteiger partial charge in [-0.1, -0.05) is 50.1 Å². The normalized spacial score (nSPS) is 11.6. The molecule has 0 aliphatic carbocycles. The zero-order valence-electron chi connectivity index (χ0n) is 16.5. The highest BCUT2D eigenvalue weighted by atomic mass is 16.5. The number of fused-ring (bicyclic) bond motifs is 3. The summed E-state index contributed by atoms with van der Waals surface area (Å²) in [6.07, 6.45) is 9.02. The highest BCUT2D eigenvalue weighted by Gasteiger charge is 2.07. The lowest BCUT2D eigenvalue weighted by atomic mass is 10.1. The van der Waals surface area contributed by atoms with E-state index >= 15 is 0 Å². The summed E-state index contributed by atoms with van der Waals surface area (Å²) >= 11 is 0. The number of aromatic nitrogens is 2. The van der Waals surface area contributed by atoms with Crippen molar-refractivity contribution in [3.05, 3.63) is 71.4 Å². The van der Waals surface area contributed by atoms with Crippen LogP contribution in [0.5, 0.6) is 5.75 Å². The summed E-state index contributed by atoms with van der Waals surface area (Å²) in [6.45, 7) is 2.23. The van der Waals surface area contributed by atoms with Gasteiger partial charge in [-0.15, -0.1) is 0 Å². The Kier molecular flexibility index (Phi) is 5.43. The Hall–Kier alpha value is -3.07. The van der Waals surface area contributed by atoms with Gasteiger partial charge in [-0.2, -0.15) is 0 Å². The van der Waals surface area contributed by atoms with E-state index in [-0.39, 0.29) is 0 Å². The fourth-order valence-electron chi connectivity index (χ4n) is 3.54. The monoisotopic (exact) mass is 370 g/mol. The Morgan fingerprint density at radius 2 is 1.68 bits per heavy atom. The van der Waals surface area contributed by atoms with Crippen LogP contribution in [0.25, 0.3) is 34.1 Å². The quantitative estimate of drug-likeness (QED) is 0.293. The minimum absolute atomic E-state index is 0.874. The molecule has 0 spiro atoms. The minimum Gasteiger partial charge on any atom is -0.497 e. The molecule has 4 rings (SSSR count). The number of nitrogens with zero attached hydrogens (tertiary/aromatic N) is 1. The molecule has 28 heavy (non-hydrogen) atoms. The lowest BCUT2D eigenvalue weighted by Gasteiger charge is -2.00. The number of aromatic amines is 1. The molecule has 1 N–H and O–H groups in total. The second-order valence-electron chi connectivity index (χ2n) is 7.19. The molecule has 2 heterocycles. The van der Waals surface area contributed by atoms with Gasteiger partial charge >= 0.3 is 0 Å². The molecular formula is C25H26N2O. The third kappa shape index (κ3) is 3.94. The van der Waals surface area contributed by atoms with Crippen molar-refractivity contribution in [2.24, 2.45) is 0 Å². The van der Waals surface area contributed by atoms with Crippen molar-refractivity contribution in [3.63, 3.8) is 0 Å². The molecular weight excluding hydrogens is 344 g/mol. The molecule has 4 aromatic rings. The van der Waals surface area contributed by atoms with Crippen LogP contribution in [0.15, 0.2) is 54.6 Å². The van der Waals surface area contributed by atoms with Crippen molar-refractivity contribution in [1.29, 1.82) is 0 Å². The highest BCUT2D eigenvalue weighted by molar-refractivity contribution is 6.06. The van der Waals surface area contributed by atoms with Crippen LogP contribution in [0.2, 0.25) is 0 Å². The number of hydrogen-bond donors (Lipinski definition) is 1. The van der Waals surface area contributed by atoms with E-state index in [4.69, 9.17) is 9.72 Å². The minimum atomic E-state index is 0.874. The molecule has 2 aromatic carbocycles. The predicted molar refractivity (Wildman–Crippen MR) is 119 cm³/mol. The molecule has 0 unspecified atom stereocenters. The number of hydrogen-bond acceptors (Lipinski definition) is 2. The van der Waals surface area contributed by atoms with Gasteiger partial charge in [0.25, 0.3) is 0 Å². The average Bonchev–Trinajstić information content (AvgIpc) is 3.10. The van der Waals surface area contributed by atoms with Crippen LogP contribution in [-0.4, -0.2) is 17.1 Å². The van der Waals surface area contributed by atoms with Gasteiger partial charge in [0.05, 0.1) is 7.11 Å². The first kappa shape index (κ1) is 18.3. The summed E-state index contributed by atoms with van der Waals surface area (Å²) in [5.41, 5.74) is 5.62. The maximum atomic E-state index is 5.21. The number of aryl methyl sites for hydroxylation is 1. The van der Waals surface area contributed by atoms with Crippen LogP contribution < -0.4 is 4.74 Å². The zero-order chi connectivity index (χ0) is 19.3. The first-order chi connectivity index (χ1) is 13.8. The Bertz CT molecular complexity index is 1110. The molecule has 0 aliphatic rings. The number of H-pyrrole nitrogens is 1. The van der Waals surface area contributed by atoms with Gasteiger partial charge in [0.2, 0.25) is 0 Å². The van der Waals surface area contributed by atoms with Gasteiger partial charge < -0.3 is 9.72 Å². The van der Waals surface area contributed by atoms with Gasteiger partial charge in [-0.3, -0.25) is 0 Å². The highest BCUT2D eigenvalue weighted by Crippen LogP contribution is 2.26. The van der Waals surface area contributed by atoms with Gasteiger partial charge in [-0.25, -0.2) is 4.98 Å². The molecule has 142 valence electrons. The third-order valence-electron chi connectivity index (χ3n) is 5.16. The predicted octanol–water partition coefficient (Wildman–Crippen LogP) is 6.63. The Morgan fingerprint density at radius 3 is 2.46 bits per heavy atom. The smallest absolute Gasteiger partial charge is 0.138 e. The fourth-order valence-corrected chi connectivity index (χ4v) is 3.54. The van der Waals surface area contributed by atoms with Crippen LogP contribution >= 0.6 is 0 Å². The van der Waals surface area contributed by atoms with Crippen LogP contribution in [0.4, 0.5) is 0 Å². The van der Waals surface area contributed by atoms with Gasteiger partial charge in [0, 0.05) is 22.0 Å². The summed E-state index contributed by atoms with van der Waals surface area (Å²) in [5, 5.41) is 2.41. The van der Waals surface area contributed by atoms with E-state index in [0.717, 1.165) is 28.9 Å². The SMILES string of the molecule is CCCCCc1ccc2c(n1)[nH]c1ccc(/C=C/c3ccc(OC)cc3)cc12. The van der Waals surface area contributed by atoms with Crippen molar-refractivity contribution >= 4 is 34.1 Å². The number of pyridine rings is 1. The zero-order valence-corrected chi connectivity index (χ0v) is 16.5. The third-order valence-corrected chi connectivity index (χ3v) is 5.16. The molecule has 0 saturated carbocycles. The molecule has 0 radical (unpaired) electrons. The van der Waals surface area contributed by atoms with Crippen LogP contribution in [0.1, 0.15) is 43.0 Å². The van der Waals surface area contributed by atoms with Crippen molar-refractivity contribution in [2.45, 2.75) is 32.6 Å². The molecule has 2 aromatic heterocycles. The molecule has 0 saturated heterocycles. The topological polar surface area (TPSA) is 37.9 Å². The molecule has 0 amide bonds. The molecule has 0 fully saturated rings. The number of methoxy groups -OCH3 is 1. The van der Waals surface area contributed by atoms with Gasteiger partial charge in [0.1, 0.15) is 11.4 Å². The Labute approximate surface area is 166 Å². The number of nitrogens with one attached hydrogen (secondary N) is 1. The summed E-state index contributed by atoms with van der Waals surface area (Å²) < 4.78 is 5.21. The summed E-state index contributed by atoms with van der Waals surface area (Å²) in [5.74, 6) is 0.874. The Balaban J connectivity index is 1.60. The van der Waals surface area contributed by atoms with E-state index in [1.54, 1.807) is 7.11 Å². The van der Waals surface area contributed by atoms with Gasteiger partial charge in [-0.05, 0) is 60.4 Å². The fraction of sp³-hybridized carbons (Fsp3) is 0.240. The van der Waals surface area contributed by atoms with Crippen molar-refractivity contribution < 1.29 is 4.74 Å². The van der Waals surface area contributed by atoms with Crippen LogP contribution in [0.3, 0.4) is 0 Å².